The lowest BCUT2D eigenvalue weighted by Gasteiger charge is -2.13. The molecule has 0 atom stereocenters. The van der Waals surface area contributed by atoms with Gasteiger partial charge in [0.05, 0.1) is 4.92 Å². The number of nitro groups is 1. The zero-order valence-electron chi connectivity index (χ0n) is 10.8. The average Bonchev–Trinajstić information content (AvgIpc) is 2.39. The number of non-ortho nitro benzene ring substituents is 1. The van der Waals surface area contributed by atoms with E-state index in [9.17, 15) is 14.9 Å². The summed E-state index contributed by atoms with van der Waals surface area (Å²) >= 11 is 0. The summed E-state index contributed by atoms with van der Waals surface area (Å²) in [7, 11) is 0. The molecule has 0 aromatic heterocycles. The third-order valence-corrected chi connectivity index (χ3v) is 3.28. The van der Waals surface area contributed by atoms with Gasteiger partial charge in [0.15, 0.2) is 5.78 Å². The summed E-state index contributed by atoms with van der Waals surface area (Å²) in [5, 5.41) is 13.7. The summed E-state index contributed by atoms with van der Waals surface area (Å²) in [4.78, 5) is 21.9. The monoisotopic (exact) mass is 260 g/mol. The van der Waals surface area contributed by atoms with Gasteiger partial charge in [-0.05, 0) is 37.8 Å². The Labute approximate surface area is 111 Å². The Kier molecular flexibility index (Phi) is 3.94. The third kappa shape index (κ3) is 3.19. The second-order valence-corrected chi connectivity index (χ2v) is 4.70. The minimum Gasteiger partial charge on any atom is -0.361 e. The number of carbonyl (C=O) groups excluding carboxylic acids is 1. The molecule has 0 spiro atoms. The van der Waals surface area contributed by atoms with Crippen LogP contribution in [-0.4, -0.2) is 10.7 Å². The van der Waals surface area contributed by atoms with Gasteiger partial charge in [-0.25, -0.2) is 0 Å². The maximum Gasteiger partial charge on any atom is 0.269 e. The number of ketones is 1. The van der Waals surface area contributed by atoms with Crippen LogP contribution in [0.2, 0.25) is 0 Å². The fourth-order valence-electron chi connectivity index (χ4n) is 2.14. The number of hydrogen-bond donors (Lipinski definition) is 1. The van der Waals surface area contributed by atoms with Crippen LogP contribution in [0.3, 0.4) is 0 Å². The summed E-state index contributed by atoms with van der Waals surface area (Å²) in [6, 6.07) is 4.64. The molecule has 1 aromatic rings. The van der Waals surface area contributed by atoms with Crippen molar-refractivity contribution in [1.29, 1.82) is 0 Å². The van der Waals surface area contributed by atoms with E-state index < -0.39 is 4.92 Å². The fraction of sp³-hybridized carbons (Fsp3) is 0.357. The van der Waals surface area contributed by atoms with Crippen molar-refractivity contribution >= 4 is 17.2 Å². The number of rotatable bonds is 3. The highest BCUT2D eigenvalue weighted by Gasteiger charge is 2.14. The summed E-state index contributed by atoms with van der Waals surface area (Å²) in [5.41, 5.74) is 2.46. The van der Waals surface area contributed by atoms with Crippen LogP contribution in [-0.2, 0) is 4.79 Å². The van der Waals surface area contributed by atoms with Crippen LogP contribution in [0.5, 0.6) is 0 Å². The summed E-state index contributed by atoms with van der Waals surface area (Å²) in [5.74, 6) is 0.193. The molecule has 1 aliphatic rings. The Morgan fingerprint density at radius 1 is 1.32 bits per heavy atom. The molecule has 5 nitrogen and oxygen atoms in total. The lowest BCUT2D eigenvalue weighted by Crippen LogP contribution is -2.10. The molecule has 0 heterocycles. The number of aryl methyl sites for hydroxylation is 1. The molecule has 1 aromatic carbocycles. The first kappa shape index (κ1) is 13.3. The van der Waals surface area contributed by atoms with Gasteiger partial charge < -0.3 is 5.32 Å². The minimum atomic E-state index is -0.417. The second kappa shape index (κ2) is 5.65. The molecule has 5 heteroatoms. The Morgan fingerprint density at radius 3 is 2.68 bits per heavy atom. The molecule has 0 bridgehead atoms. The second-order valence-electron chi connectivity index (χ2n) is 4.70. The number of nitrogens with one attached hydrogen (secondary N) is 1. The van der Waals surface area contributed by atoms with E-state index in [2.05, 4.69) is 5.32 Å². The molecule has 1 saturated carbocycles. The summed E-state index contributed by atoms with van der Waals surface area (Å²) < 4.78 is 0. The number of benzene rings is 1. The van der Waals surface area contributed by atoms with E-state index in [-0.39, 0.29) is 11.5 Å². The quantitative estimate of drug-likeness (QED) is 0.514. The van der Waals surface area contributed by atoms with Crippen LogP contribution in [0, 0.1) is 17.0 Å². The number of nitro benzene ring substituents is 1. The maximum absolute atomic E-state index is 11.6. The zero-order chi connectivity index (χ0) is 13.8. The first-order chi connectivity index (χ1) is 9.08. The molecule has 0 unspecified atom stereocenters. The Bertz CT molecular complexity index is 550. The van der Waals surface area contributed by atoms with Crippen molar-refractivity contribution in [3.8, 4) is 0 Å². The predicted octanol–water partition coefficient (Wildman–Crippen LogP) is 3.34. The van der Waals surface area contributed by atoms with E-state index in [4.69, 9.17) is 0 Å². The van der Waals surface area contributed by atoms with Gasteiger partial charge in [-0.2, -0.15) is 0 Å². The summed E-state index contributed by atoms with van der Waals surface area (Å²) in [6.07, 6.45) is 5.16. The molecule has 0 saturated heterocycles. The Hall–Kier alpha value is -2.17. The van der Waals surface area contributed by atoms with Crippen LogP contribution >= 0.6 is 0 Å². The largest absolute Gasteiger partial charge is 0.361 e. The van der Waals surface area contributed by atoms with Crippen LogP contribution in [0.25, 0.3) is 0 Å². The molecule has 1 aliphatic carbocycles. The number of anilines is 1. The highest BCUT2D eigenvalue weighted by molar-refractivity contribution is 5.96. The van der Waals surface area contributed by atoms with Gasteiger partial charge in [-0.15, -0.1) is 0 Å². The van der Waals surface area contributed by atoms with Crippen molar-refractivity contribution in [2.75, 3.05) is 5.32 Å². The van der Waals surface area contributed by atoms with Gasteiger partial charge >= 0.3 is 0 Å². The van der Waals surface area contributed by atoms with E-state index in [0.717, 1.165) is 36.1 Å². The number of nitrogens with zero attached hydrogens (tertiary/aromatic N) is 1. The van der Waals surface area contributed by atoms with E-state index in [1.807, 2.05) is 0 Å². The molecule has 1 fully saturated rings. The van der Waals surface area contributed by atoms with Crippen molar-refractivity contribution in [1.82, 2.24) is 0 Å². The predicted molar refractivity (Wildman–Crippen MR) is 73.0 cm³/mol. The average molecular weight is 260 g/mol. The van der Waals surface area contributed by atoms with E-state index in [0.29, 0.717) is 6.42 Å². The summed E-state index contributed by atoms with van der Waals surface area (Å²) in [6.45, 7) is 1.80. The highest BCUT2D eigenvalue weighted by Crippen LogP contribution is 2.23. The third-order valence-electron chi connectivity index (χ3n) is 3.28. The Morgan fingerprint density at radius 2 is 2.05 bits per heavy atom. The van der Waals surface area contributed by atoms with Gasteiger partial charge in [0.1, 0.15) is 0 Å². The van der Waals surface area contributed by atoms with Crippen LogP contribution in [0.15, 0.2) is 30.0 Å². The van der Waals surface area contributed by atoms with Gasteiger partial charge in [-0.3, -0.25) is 14.9 Å². The number of allylic oxidation sites excluding steroid dienone is 1. The molecule has 0 amide bonds. The lowest BCUT2D eigenvalue weighted by molar-refractivity contribution is -0.384. The van der Waals surface area contributed by atoms with Crippen molar-refractivity contribution < 1.29 is 9.72 Å². The van der Waals surface area contributed by atoms with Crippen molar-refractivity contribution in [2.45, 2.75) is 32.6 Å². The minimum absolute atomic E-state index is 0.0736. The fourth-order valence-corrected chi connectivity index (χ4v) is 2.14. The molecule has 0 aliphatic heterocycles. The van der Waals surface area contributed by atoms with Gasteiger partial charge in [-0.1, -0.05) is 0 Å². The zero-order valence-corrected chi connectivity index (χ0v) is 10.8. The van der Waals surface area contributed by atoms with E-state index >= 15 is 0 Å². The number of carbonyl (C=O) groups is 1. The highest BCUT2D eigenvalue weighted by atomic mass is 16.6. The molecular weight excluding hydrogens is 244 g/mol. The van der Waals surface area contributed by atoms with Gasteiger partial charge in [0, 0.05) is 36.0 Å². The standard InChI is InChI=1S/C14H16N2O3/c1-10-8-12(16(18)19)6-7-13(10)15-9-11-4-2-3-5-14(11)17/h6-9,15H,2-5H2,1H3. The van der Waals surface area contributed by atoms with Crippen LogP contribution < -0.4 is 5.32 Å². The van der Waals surface area contributed by atoms with Gasteiger partial charge in [0.25, 0.3) is 5.69 Å². The number of hydrogen-bond acceptors (Lipinski definition) is 4. The molecule has 1 N–H and O–H groups in total. The first-order valence-corrected chi connectivity index (χ1v) is 6.32. The van der Waals surface area contributed by atoms with Crippen LogP contribution in [0.1, 0.15) is 31.2 Å². The van der Waals surface area contributed by atoms with Crippen LogP contribution in [0.4, 0.5) is 11.4 Å². The molecule has 2 rings (SSSR count). The Balaban J connectivity index is 2.13. The van der Waals surface area contributed by atoms with Crippen molar-refractivity contribution in [2.24, 2.45) is 0 Å². The SMILES string of the molecule is Cc1cc([N+](=O)[O-])ccc1NC=C1CCCCC1=O. The molecule has 19 heavy (non-hydrogen) atoms. The number of Topliss-reactive ketones (excluding diaryl/α,β-unsaturated/α-hetero) is 1. The van der Waals surface area contributed by atoms with Gasteiger partial charge in [0.2, 0.25) is 0 Å². The lowest BCUT2D eigenvalue weighted by atomic mass is 9.94. The normalized spacial score (nSPS) is 17.5. The van der Waals surface area contributed by atoms with Crippen molar-refractivity contribution in [3.63, 3.8) is 0 Å². The van der Waals surface area contributed by atoms with E-state index in [1.165, 1.54) is 12.1 Å². The molecular formula is C14H16N2O3. The first-order valence-electron chi connectivity index (χ1n) is 6.32. The van der Waals surface area contributed by atoms with Crippen molar-refractivity contribution in [3.05, 3.63) is 45.6 Å². The van der Waals surface area contributed by atoms with E-state index in [1.54, 1.807) is 19.2 Å². The molecule has 0 radical (unpaired) electrons. The smallest absolute Gasteiger partial charge is 0.269 e. The molecule has 100 valence electrons. The maximum atomic E-state index is 11.6. The topological polar surface area (TPSA) is 72.2 Å².